The molecule has 0 unspecified atom stereocenters. The van der Waals surface area contributed by atoms with Gasteiger partial charge in [0.15, 0.2) is 5.82 Å². The lowest BCUT2D eigenvalue weighted by molar-refractivity contribution is 0.0940. The minimum absolute atomic E-state index is 0.0412. The number of benzene rings is 1. The molecule has 0 saturated carbocycles. The van der Waals surface area contributed by atoms with E-state index >= 15 is 0 Å². The highest BCUT2D eigenvalue weighted by atomic mass is 16.5. The summed E-state index contributed by atoms with van der Waals surface area (Å²) in [6, 6.07) is 9.91. The van der Waals surface area contributed by atoms with Crippen molar-refractivity contribution in [1.29, 1.82) is 0 Å². The quantitative estimate of drug-likeness (QED) is 0.765. The van der Waals surface area contributed by atoms with Crippen LogP contribution in [0.2, 0.25) is 0 Å². The number of rotatable bonds is 3. The highest BCUT2D eigenvalue weighted by molar-refractivity contribution is 5.94. The number of imidazole rings is 1. The molecular weight excluding hydrogens is 318 g/mol. The van der Waals surface area contributed by atoms with Crippen molar-refractivity contribution in [3.05, 3.63) is 53.2 Å². The molecule has 0 fully saturated rings. The number of nitrogens with one attached hydrogen (secondary N) is 2. The van der Waals surface area contributed by atoms with E-state index < -0.39 is 0 Å². The molecule has 1 amide bonds. The molecule has 3 aromatic rings. The number of nitrogens with zero attached hydrogens (tertiary/aromatic N) is 3. The van der Waals surface area contributed by atoms with E-state index in [-0.39, 0.29) is 11.3 Å². The van der Waals surface area contributed by atoms with Crippen LogP contribution in [-0.4, -0.2) is 32.6 Å². The van der Waals surface area contributed by atoms with E-state index in [4.69, 9.17) is 4.52 Å². The third-order valence-electron chi connectivity index (χ3n) is 4.25. The number of fused-ring (bicyclic) bond motifs is 1. The number of hydrogen-bond acceptors (Lipinski definition) is 5. The summed E-state index contributed by atoms with van der Waals surface area (Å²) in [6.45, 7) is 4.83. The number of hydrogen-bond donors (Lipinski definition) is 2. The Bertz CT molecular complexity index is 911. The minimum atomic E-state index is -0.170. The number of aromatic nitrogens is 4. The van der Waals surface area contributed by atoms with Crippen molar-refractivity contribution in [3.8, 4) is 11.6 Å². The van der Waals surface area contributed by atoms with Crippen LogP contribution >= 0.6 is 0 Å². The molecule has 0 atom stereocenters. The second-order valence-corrected chi connectivity index (χ2v) is 7.11. The van der Waals surface area contributed by atoms with E-state index in [0.29, 0.717) is 36.2 Å². The van der Waals surface area contributed by atoms with Gasteiger partial charge in [0, 0.05) is 12.2 Å². The van der Waals surface area contributed by atoms with Crippen molar-refractivity contribution in [3.63, 3.8) is 0 Å². The van der Waals surface area contributed by atoms with Crippen LogP contribution in [0.25, 0.3) is 11.6 Å². The molecule has 1 aliphatic heterocycles. The van der Waals surface area contributed by atoms with Crippen molar-refractivity contribution < 1.29 is 9.32 Å². The van der Waals surface area contributed by atoms with Gasteiger partial charge in [-0.15, -0.1) is 0 Å². The van der Waals surface area contributed by atoms with Crippen molar-refractivity contribution in [2.45, 2.75) is 26.7 Å². The first-order valence-corrected chi connectivity index (χ1v) is 8.24. The molecule has 2 N–H and O–H groups in total. The first-order valence-electron chi connectivity index (χ1n) is 8.24. The minimum Gasteiger partial charge on any atom is -0.350 e. The Morgan fingerprint density at radius 2 is 2.00 bits per heavy atom. The monoisotopic (exact) mass is 337 g/mol. The molecule has 4 rings (SSSR count). The number of amides is 1. The molecule has 1 aliphatic rings. The van der Waals surface area contributed by atoms with Crippen molar-refractivity contribution in [1.82, 2.24) is 25.4 Å². The van der Waals surface area contributed by atoms with Crippen LogP contribution in [-0.2, 0) is 12.8 Å². The van der Waals surface area contributed by atoms with Crippen molar-refractivity contribution in [2.75, 3.05) is 6.54 Å². The number of carbonyl (C=O) groups excluding carboxylic acids is 1. The second-order valence-electron chi connectivity index (χ2n) is 7.11. The SMILES string of the molecule is CC1(C)CNC(=O)c2nc(-c3noc(Cc4ccccc4)n3)[nH]c2C1. The van der Waals surface area contributed by atoms with E-state index in [0.717, 1.165) is 17.7 Å². The second kappa shape index (κ2) is 5.84. The lowest BCUT2D eigenvalue weighted by Crippen LogP contribution is -2.32. The average molecular weight is 337 g/mol. The standard InChI is InChI=1S/C18H19N5O2/c1-18(2)9-12-14(17(24)19-10-18)22-15(20-12)16-21-13(25-23-16)8-11-6-4-3-5-7-11/h3-7H,8-10H2,1-2H3,(H,19,24)(H,20,22). The van der Waals surface area contributed by atoms with Gasteiger partial charge in [-0.3, -0.25) is 4.79 Å². The van der Waals surface area contributed by atoms with Gasteiger partial charge in [-0.05, 0) is 17.4 Å². The van der Waals surface area contributed by atoms with Crippen LogP contribution in [0.3, 0.4) is 0 Å². The Kier molecular flexibility index (Phi) is 3.63. The molecule has 0 saturated heterocycles. The molecule has 0 bridgehead atoms. The molecule has 3 heterocycles. The zero-order valence-corrected chi connectivity index (χ0v) is 14.2. The number of H-pyrrole nitrogens is 1. The van der Waals surface area contributed by atoms with Crippen LogP contribution in [0.4, 0.5) is 0 Å². The molecule has 2 aromatic heterocycles. The molecule has 7 nitrogen and oxygen atoms in total. The summed E-state index contributed by atoms with van der Waals surface area (Å²) < 4.78 is 5.33. The van der Waals surface area contributed by atoms with E-state index in [1.54, 1.807) is 0 Å². The van der Waals surface area contributed by atoms with Gasteiger partial charge in [0.25, 0.3) is 5.91 Å². The Morgan fingerprint density at radius 3 is 2.80 bits per heavy atom. The third kappa shape index (κ3) is 3.17. The Balaban J connectivity index is 1.61. The zero-order chi connectivity index (χ0) is 17.4. The summed E-state index contributed by atoms with van der Waals surface area (Å²) >= 11 is 0. The summed E-state index contributed by atoms with van der Waals surface area (Å²) in [7, 11) is 0. The van der Waals surface area contributed by atoms with Gasteiger partial charge in [0.1, 0.15) is 5.69 Å². The fourth-order valence-electron chi connectivity index (χ4n) is 2.97. The van der Waals surface area contributed by atoms with Gasteiger partial charge in [0.05, 0.1) is 6.42 Å². The summed E-state index contributed by atoms with van der Waals surface area (Å²) in [5.74, 6) is 1.17. The van der Waals surface area contributed by atoms with Crippen LogP contribution < -0.4 is 5.32 Å². The molecule has 0 spiro atoms. The van der Waals surface area contributed by atoms with Crippen molar-refractivity contribution in [2.24, 2.45) is 5.41 Å². The Morgan fingerprint density at radius 1 is 1.20 bits per heavy atom. The molecule has 25 heavy (non-hydrogen) atoms. The molecule has 0 aliphatic carbocycles. The number of carbonyl (C=O) groups is 1. The number of aromatic amines is 1. The van der Waals surface area contributed by atoms with Gasteiger partial charge in [-0.1, -0.05) is 49.3 Å². The van der Waals surface area contributed by atoms with Gasteiger partial charge >= 0.3 is 0 Å². The Hall–Kier alpha value is -2.96. The van der Waals surface area contributed by atoms with Gasteiger partial charge in [-0.2, -0.15) is 4.98 Å². The van der Waals surface area contributed by atoms with Crippen LogP contribution in [0.1, 0.15) is 41.5 Å². The molecule has 7 heteroatoms. The fraction of sp³-hybridized carbons (Fsp3) is 0.333. The molecule has 0 radical (unpaired) electrons. The topological polar surface area (TPSA) is 96.7 Å². The fourth-order valence-corrected chi connectivity index (χ4v) is 2.97. The first kappa shape index (κ1) is 15.6. The zero-order valence-electron chi connectivity index (χ0n) is 14.2. The normalized spacial score (nSPS) is 16.2. The Labute approximate surface area is 144 Å². The highest BCUT2D eigenvalue weighted by Crippen LogP contribution is 2.27. The third-order valence-corrected chi connectivity index (χ3v) is 4.25. The smallest absolute Gasteiger partial charge is 0.271 e. The van der Waals surface area contributed by atoms with E-state index in [2.05, 4.69) is 39.3 Å². The summed E-state index contributed by atoms with van der Waals surface area (Å²) in [5, 5.41) is 6.91. The lowest BCUT2D eigenvalue weighted by atomic mass is 9.88. The maximum atomic E-state index is 12.2. The maximum Gasteiger partial charge on any atom is 0.271 e. The largest absolute Gasteiger partial charge is 0.350 e. The predicted molar refractivity (Wildman–Crippen MR) is 90.9 cm³/mol. The van der Waals surface area contributed by atoms with Gasteiger partial charge in [0.2, 0.25) is 11.7 Å². The van der Waals surface area contributed by atoms with E-state index in [1.807, 2.05) is 30.3 Å². The first-order chi connectivity index (χ1) is 12.0. The van der Waals surface area contributed by atoms with Gasteiger partial charge < -0.3 is 14.8 Å². The summed E-state index contributed by atoms with van der Waals surface area (Å²) in [4.78, 5) is 24.2. The van der Waals surface area contributed by atoms with E-state index in [1.165, 1.54) is 0 Å². The summed E-state index contributed by atoms with van der Waals surface area (Å²) in [6.07, 6.45) is 1.28. The summed E-state index contributed by atoms with van der Waals surface area (Å²) in [5.41, 5.74) is 2.27. The average Bonchev–Trinajstić information content (AvgIpc) is 3.18. The van der Waals surface area contributed by atoms with Crippen molar-refractivity contribution >= 4 is 5.91 Å². The van der Waals surface area contributed by atoms with Gasteiger partial charge in [-0.25, -0.2) is 4.98 Å². The molecular formula is C18H19N5O2. The van der Waals surface area contributed by atoms with Crippen LogP contribution in [0.15, 0.2) is 34.9 Å². The highest BCUT2D eigenvalue weighted by Gasteiger charge is 2.30. The molecule has 1 aromatic carbocycles. The predicted octanol–water partition coefficient (Wildman–Crippen LogP) is 2.36. The van der Waals surface area contributed by atoms with E-state index in [9.17, 15) is 4.79 Å². The maximum absolute atomic E-state index is 12.2. The van der Waals surface area contributed by atoms with Crippen LogP contribution in [0.5, 0.6) is 0 Å². The van der Waals surface area contributed by atoms with Crippen LogP contribution in [0, 0.1) is 5.41 Å². The molecule has 128 valence electrons. The lowest BCUT2D eigenvalue weighted by Gasteiger charge is -2.21.